The van der Waals surface area contributed by atoms with Crippen molar-refractivity contribution in [1.29, 1.82) is 0 Å². The number of benzene rings is 2. The number of halogens is 1. The van der Waals surface area contributed by atoms with Crippen LogP contribution in [0.15, 0.2) is 65.8 Å². The number of rotatable bonds is 9. The Morgan fingerprint density at radius 1 is 1.13 bits per heavy atom. The molecule has 3 aromatic rings. The molecule has 206 valence electrons. The summed E-state index contributed by atoms with van der Waals surface area (Å²) in [4.78, 5) is 29.5. The number of carbonyl (C=O) groups is 2. The molecule has 1 aliphatic heterocycles. The van der Waals surface area contributed by atoms with Gasteiger partial charge in [0.05, 0.1) is 10.9 Å². The highest BCUT2D eigenvalue weighted by Gasteiger charge is 2.39. The molecular formula is C28H30ClN3O6S. The summed E-state index contributed by atoms with van der Waals surface area (Å²) in [5.41, 5.74) is 4.15. The van der Waals surface area contributed by atoms with E-state index >= 15 is 0 Å². The normalized spacial score (nSPS) is 16.3. The number of carboxylic acids is 1. The van der Waals surface area contributed by atoms with Gasteiger partial charge >= 0.3 is 5.97 Å². The van der Waals surface area contributed by atoms with Gasteiger partial charge in [0.2, 0.25) is 15.9 Å². The Morgan fingerprint density at radius 2 is 1.90 bits per heavy atom. The third-order valence-corrected chi connectivity index (χ3v) is 9.27. The van der Waals surface area contributed by atoms with E-state index in [9.17, 15) is 18.0 Å². The van der Waals surface area contributed by atoms with Crippen molar-refractivity contribution in [3.8, 4) is 11.1 Å². The SMILES string of the molecule is CCc1cnccc1-c1cccc(C2CN(C(=O)COCC(=O)O)CCN2S(=O)(=O)c2cccc(Cl)c2C)c1. The molecule has 0 saturated carbocycles. The van der Waals surface area contributed by atoms with E-state index in [-0.39, 0.29) is 24.5 Å². The Labute approximate surface area is 233 Å². The molecule has 1 saturated heterocycles. The molecule has 9 nitrogen and oxygen atoms in total. The molecule has 1 aliphatic rings. The van der Waals surface area contributed by atoms with Crippen molar-refractivity contribution in [3.05, 3.63) is 82.6 Å². The summed E-state index contributed by atoms with van der Waals surface area (Å²) < 4.78 is 34.4. The minimum absolute atomic E-state index is 0.0450. The van der Waals surface area contributed by atoms with Crippen LogP contribution in [0.3, 0.4) is 0 Å². The average molecular weight is 572 g/mol. The van der Waals surface area contributed by atoms with Gasteiger partial charge in [-0.2, -0.15) is 4.31 Å². The maximum Gasteiger partial charge on any atom is 0.329 e. The maximum atomic E-state index is 14.0. The molecule has 11 heteroatoms. The molecular weight excluding hydrogens is 542 g/mol. The Hall–Kier alpha value is -3.31. The fourth-order valence-electron chi connectivity index (χ4n) is 4.77. The van der Waals surface area contributed by atoms with Gasteiger partial charge in [-0.15, -0.1) is 0 Å². The molecule has 1 N–H and O–H groups in total. The fraction of sp³-hybridized carbons (Fsp3) is 0.321. The molecule has 2 heterocycles. The minimum Gasteiger partial charge on any atom is -0.480 e. The lowest BCUT2D eigenvalue weighted by molar-refractivity contribution is -0.146. The molecule has 0 bridgehead atoms. The van der Waals surface area contributed by atoms with Crippen LogP contribution in [0.25, 0.3) is 11.1 Å². The van der Waals surface area contributed by atoms with Gasteiger partial charge in [-0.1, -0.05) is 42.8 Å². The van der Waals surface area contributed by atoms with Gasteiger partial charge in [0.1, 0.15) is 13.2 Å². The molecule has 1 atom stereocenters. The van der Waals surface area contributed by atoms with E-state index < -0.39 is 41.2 Å². The number of piperazine rings is 1. The lowest BCUT2D eigenvalue weighted by atomic mass is 9.95. The van der Waals surface area contributed by atoms with E-state index in [2.05, 4.69) is 4.98 Å². The number of sulfonamides is 1. The molecule has 1 aromatic heterocycles. The lowest BCUT2D eigenvalue weighted by Crippen LogP contribution is -2.53. The van der Waals surface area contributed by atoms with Crippen LogP contribution >= 0.6 is 11.6 Å². The van der Waals surface area contributed by atoms with Gasteiger partial charge in [0.25, 0.3) is 0 Å². The Bertz CT molecular complexity index is 1480. The van der Waals surface area contributed by atoms with Crippen LogP contribution in [0.4, 0.5) is 0 Å². The van der Waals surface area contributed by atoms with Crippen LogP contribution in [0, 0.1) is 6.92 Å². The van der Waals surface area contributed by atoms with Crippen LogP contribution in [0.1, 0.15) is 29.7 Å². The van der Waals surface area contributed by atoms with Crippen molar-refractivity contribution >= 4 is 33.5 Å². The molecule has 0 aliphatic carbocycles. The van der Waals surface area contributed by atoms with Crippen LogP contribution in [-0.2, 0) is 30.8 Å². The van der Waals surface area contributed by atoms with Crippen LogP contribution in [-0.4, -0.2) is 72.4 Å². The summed E-state index contributed by atoms with van der Waals surface area (Å²) in [6.07, 6.45) is 4.32. The predicted molar refractivity (Wildman–Crippen MR) is 147 cm³/mol. The van der Waals surface area contributed by atoms with Crippen molar-refractivity contribution < 1.29 is 27.9 Å². The zero-order valence-electron chi connectivity index (χ0n) is 21.7. The van der Waals surface area contributed by atoms with Gasteiger partial charge in [-0.25, -0.2) is 13.2 Å². The Kier molecular flexibility index (Phi) is 9.01. The van der Waals surface area contributed by atoms with Crippen molar-refractivity contribution in [3.63, 3.8) is 0 Å². The summed E-state index contributed by atoms with van der Waals surface area (Å²) in [5, 5.41) is 9.17. The fourth-order valence-corrected chi connectivity index (χ4v) is 6.84. The summed E-state index contributed by atoms with van der Waals surface area (Å²) in [6, 6.07) is 13.6. The van der Waals surface area contributed by atoms with Gasteiger partial charge in [0.15, 0.2) is 0 Å². The smallest absolute Gasteiger partial charge is 0.329 e. The summed E-state index contributed by atoms with van der Waals surface area (Å²) in [6.45, 7) is 2.97. The van der Waals surface area contributed by atoms with E-state index in [1.807, 2.05) is 43.5 Å². The minimum atomic E-state index is -3.99. The number of carbonyl (C=O) groups excluding carboxylic acids is 1. The first-order valence-corrected chi connectivity index (χ1v) is 14.3. The molecule has 0 spiro atoms. The monoisotopic (exact) mass is 571 g/mol. The number of aromatic nitrogens is 1. The zero-order valence-corrected chi connectivity index (χ0v) is 23.3. The Balaban J connectivity index is 1.74. The quantitative estimate of drug-likeness (QED) is 0.413. The van der Waals surface area contributed by atoms with Crippen molar-refractivity contribution in [1.82, 2.24) is 14.2 Å². The number of hydrogen-bond acceptors (Lipinski definition) is 6. The maximum absolute atomic E-state index is 14.0. The molecule has 1 amide bonds. The van der Waals surface area contributed by atoms with Gasteiger partial charge in [-0.3, -0.25) is 9.78 Å². The number of pyridine rings is 1. The molecule has 0 radical (unpaired) electrons. The standard InChI is InChI=1S/C28H30ClN3O6S/c1-3-20-15-30-11-10-23(20)21-6-4-7-22(14-21)25-16-31(27(33)17-38-18-28(34)35)12-13-32(25)39(36,37)26-9-5-8-24(29)19(26)2/h4-11,14-15,25H,3,12-13,16-18H2,1-2H3,(H,34,35). The second-order valence-electron chi connectivity index (χ2n) is 9.23. The molecule has 39 heavy (non-hydrogen) atoms. The van der Waals surface area contributed by atoms with Crippen LogP contribution < -0.4 is 0 Å². The molecule has 1 unspecified atom stereocenters. The number of hydrogen-bond donors (Lipinski definition) is 1. The van der Waals surface area contributed by atoms with E-state index in [1.165, 1.54) is 15.3 Å². The first-order chi connectivity index (χ1) is 18.6. The highest BCUT2D eigenvalue weighted by Crippen LogP contribution is 2.35. The molecule has 2 aromatic carbocycles. The topological polar surface area (TPSA) is 117 Å². The molecule has 4 rings (SSSR count). The first-order valence-electron chi connectivity index (χ1n) is 12.5. The third-order valence-electron chi connectivity index (χ3n) is 6.81. The van der Waals surface area contributed by atoms with Gasteiger partial charge in [-0.05, 0) is 65.4 Å². The van der Waals surface area contributed by atoms with Crippen LogP contribution in [0.5, 0.6) is 0 Å². The van der Waals surface area contributed by atoms with Crippen LogP contribution in [0.2, 0.25) is 5.02 Å². The zero-order chi connectivity index (χ0) is 28.2. The average Bonchev–Trinajstić information content (AvgIpc) is 2.93. The van der Waals surface area contributed by atoms with E-state index in [0.717, 1.165) is 28.7 Å². The highest BCUT2D eigenvalue weighted by molar-refractivity contribution is 7.89. The second kappa shape index (κ2) is 12.3. The van der Waals surface area contributed by atoms with Crippen molar-refractivity contribution in [2.45, 2.75) is 31.2 Å². The van der Waals surface area contributed by atoms with E-state index in [4.69, 9.17) is 21.4 Å². The van der Waals surface area contributed by atoms with Crippen molar-refractivity contribution in [2.75, 3.05) is 32.8 Å². The second-order valence-corrected chi connectivity index (χ2v) is 11.5. The van der Waals surface area contributed by atoms with E-state index in [1.54, 1.807) is 25.3 Å². The summed E-state index contributed by atoms with van der Waals surface area (Å²) in [5.74, 6) is -1.58. The number of nitrogens with zero attached hydrogens (tertiary/aromatic N) is 3. The van der Waals surface area contributed by atoms with Crippen molar-refractivity contribution in [2.24, 2.45) is 0 Å². The summed E-state index contributed by atoms with van der Waals surface area (Å²) >= 11 is 6.27. The first kappa shape index (κ1) is 28.7. The number of amides is 1. The number of carboxylic acid groups (broad SMARTS) is 1. The van der Waals surface area contributed by atoms with Gasteiger partial charge in [0, 0.05) is 37.1 Å². The number of ether oxygens (including phenoxy) is 1. The largest absolute Gasteiger partial charge is 0.480 e. The highest BCUT2D eigenvalue weighted by atomic mass is 35.5. The van der Waals surface area contributed by atoms with Gasteiger partial charge < -0.3 is 14.7 Å². The predicted octanol–water partition coefficient (Wildman–Crippen LogP) is 3.95. The summed E-state index contributed by atoms with van der Waals surface area (Å²) in [7, 11) is -3.99. The third kappa shape index (κ3) is 6.30. The molecule has 1 fully saturated rings. The number of aliphatic carboxylic acids is 1. The Morgan fingerprint density at radius 3 is 2.64 bits per heavy atom. The lowest BCUT2D eigenvalue weighted by Gasteiger charge is -2.41. The number of aryl methyl sites for hydroxylation is 1. The van der Waals surface area contributed by atoms with E-state index in [0.29, 0.717) is 10.6 Å².